The first kappa shape index (κ1) is 109. The van der Waals surface area contributed by atoms with Crippen molar-refractivity contribution in [3.05, 3.63) is 300 Å². The van der Waals surface area contributed by atoms with Crippen LogP contribution in [-0.4, -0.2) is 12.4 Å². The van der Waals surface area contributed by atoms with Crippen molar-refractivity contribution >= 4 is 34.0 Å². The molecule has 0 fully saturated rings. The molecule has 9 heteroatoms. The summed E-state index contributed by atoms with van der Waals surface area (Å²) in [5, 5.41) is 0. The molecule has 0 amide bonds. The van der Waals surface area contributed by atoms with E-state index >= 15 is 0 Å². The molecule has 0 bridgehead atoms. The van der Waals surface area contributed by atoms with Gasteiger partial charge < -0.3 is 0 Å². The number of benzene rings is 8. The van der Waals surface area contributed by atoms with Crippen LogP contribution >= 0.6 is 34.0 Å². The van der Waals surface area contributed by atoms with Crippen LogP contribution in [0.5, 0.6) is 0 Å². The van der Waals surface area contributed by atoms with Crippen molar-refractivity contribution in [2.75, 3.05) is 0 Å². The Morgan fingerprint density at radius 1 is 0.230 bits per heavy atom. The van der Waals surface area contributed by atoms with E-state index in [2.05, 4.69) is 367 Å². The van der Waals surface area contributed by atoms with Crippen molar-refractivity contribution in [2.24, 2.45) is 27.6 Å². The summed E-state index contributed by atoms with van der Waals surface area (Å²) < 4.78 is 77.0. The van der Waals surface area contributed by atoms with E-state index < -0.39 is 23.2 Å². The van der Waals surface area contributed by atoms with Crippen molar-refractivity contribution in [2.45, 2.75) is 348 Å². The van der Waals surface area contributed by atoms with Crippen LogP contribution in [0.1, 0.15) is 359 Å². The summed E-state index contributed by atoms with van der Waals surface area (Å²) in [5.74, 6) is 4.94. The second-order valence-corrected chi connectivity index (χ2v) is 46.4. The van der Waals surface area contributed by atoms with Gasteiger partial charge in [-0.1, -0.05) is 345 Å². The van der Waals surface area contributed by atoms with Gasteiger partial charge in [-0.2, -0.15) is 26.3 Å². The highest BCUT2D eigenvalue weighted by molar-refractivity contribution is 7.12. The van der Waals surface area contributed by atoms with E-state index in [1.54, 1.807) is 6.07 Å². The van der Waals surface area contributed by atoms with Gasteiger partial charge in [0.15, 0.2) is 0 Å². The maximum Gasteiger partial charge on any atom is 0.394 e. The molecule has 11 rings (SSSR count). The number of thiophene rings is 3. The number of halogens is 6. The lowest BCUT2D eigenvalue weighted by molar-refractivity contribution is -0.211. The smallest absolute Gasteiger partial charge is 0.171 e. The van der Waals surface area contributed by atoms with E-state index in [1.165, 1.54) is 182 Å². The largest absolute Gasteiger partial charge is 0.394 e. The lowest BCUT2D eigenvalue weighted by Crippen LogP contribution is -2.34. The molecule has 0 radical (unpaired) electrons. The average molecular weight is 1780 g/mol. The van der Waals surface area contributed by atoms with Gasteiger partial charge in [-0.3, -0.25) is 0 Å². The number of alkyl halides is 6. The summed E-state index contributed by atoms with van der Waals surface area (Å²) >= 11 is 5.19. The molecule has 0 spiro atoms. The Morgan fingerprint density at radius 3 is 0.651 bits per heavy atom. The Bertz CT molecular complexity index is 5000. The molecule has 11 aromatic rings. The SMILES string of the molecule is Cc1c(C(C)C)cc(-c2ccc(CC(C)(C)C(F)(F)F)cc2)cc1C(C)C.Cc1c(C(C)C)cc(-c2ccc(CC(C)(C)C)cc2)cc1C(C)C.Cc1c(C(C)C)cc(-c2ccc(CC(C)C)cc2)cc1C(C)C.Cc1ccc(-c2cc(C(C)C)c(C)c(C(C)C)c2)cc1.Cc1ccc(C)s1.Cc1ccc(CC(C)(C)C(F)(F)F)s1.Cc1ccc(CC(C)(C)C)s1. The molecule has 0 saturated carbocycles. The normalized spacial score (nSPS) is 12.1. The van der Waals surface area contributed by atoms with Crippen LogP contribution in [0.25, 0.3) is 44.5 Å². The molecule has 0 aliphatic rings. The van der Waals surface area contributed by atoms with Gasteiger partial charge in [0.1, 0.15) is 0 Å². The molecule has 0 aliphatic carbocycles. The Balaban J connectivity index is 0.000000268. The lowest BCUT2D eigenvalue weighted by atomic mass is 9.84. The fraction of sp³-hybridized carbons (Fsp3) is 0.487. The predicted molar refractivity (Wildman–Crippen MR) is 548 cm³/mol. The molecule has 0 nitrogen and oxygen atoms in total. The monoisotopic (exact) mass is 1780 g/mol. The summed E-state index contributed by atoms with van der Waals surface area (Å²) in [6.07, 6.45) is -4.82. The van der Waals surface area contributed by atoms with Gasteiger partial charge >= 0.3 is 12.4 Å². The first-order chi connectivity index (χ1) is 58.1. The zero-order valence-corrected chi connectivity index (χ0v) is 87.0. The van der Waals surface area contributed by atoms with E-state index in [9.17, 15) is 26.3 Å². The number of hydrogen-bond acceptors (Lipinski definition) is 3. The summed E-state index contributed by atoms with van der Waals surface area (Å²) in [7, 11) is 0. The van der Waals surface area contributed by atoms with Crippen molar-refractivity contribution < 1.29 is 26.3 Å². The van der Waals surface area contributed by atoms with Crippen LogP contribution in [0, 0.1) is 89.9 Å². The third-order valence-corrected chi connectivity index (χ3v) is 26.4. The highest BCUT2D eigenvalue weighted by Gasteiger charge is 2.48. The van der Waals surface area contributed by atoms with Gasteiger partial charge in [0.05, 0.1) is 10.8 Å². The minimum absolute atomic E-state index is 0.0147. The van der Waals surface area contributed by atoms with Crippen molar-refractivity contribution in [1.82, 2.24) is 0 Å². The lowest BCUT2D eigenvalue weighted by Gasteiger charge is -2.27. The minimum Gasteiger partial charge on any atom is -0.171 e. The van der Waals surface area contributed by atoms with Crippen LogP contribution in [-0.2, 0) is 32.1 Å². The summed E-state index contributed by atoms with van der Waals surface area (Å²) in [6.45, 7) is 79.0. The Labute approximate surface area is 775 Å². The van der Waals surface area contributed by atoms with Gasteiger partial charge in [-0.15, -0.1) is 34.0 Å². The molecular formula is C117H160F6S3. The summed E-state index contributed by atoms with van der Waals surface area (Å²) in [6, 6.07) is 65.8. The van der Waals surface area contributed by atoms with Crippen LogP contribution in [0.4, 0.5) is 26.3 Å². The Kier molecular flexibility index (Phi) is 40.9. The molecule has 8 aromatic carbocycles. The fourth-order valence-electron chi connectivity index (χ4n) is 16.2. The summed E-state index contributed by atoms with van der Waals surface area (Å²) in [5.41, 5.74) is 29.8. The Hall–Kier alpha value is -7.56. The van der Waals surface area contributed by atoms with Crippen molar-refractivity contribution in [3.8, 4) is 44.5 Å². The van der Waals surface area contributed by atoms with E-state index in [1.807, 2.05) is 59.9 Å². The van der Waals surface area contributed by atoms with Crippen LogP contribution in [0.3, 0.4) is 0 Å². The van der Waals surface area contributed by atoms with Gasteiger partial charge in [0.25, 0.3) is 0 Å². The van der Waals surface area contributed by atoms with E-state index in [4.69, 9.17) is 0 Å². The average Bonchev–Trinajstić information content (AvgIpc) is 0.866. The van der Waals surface area contributed by atoms with Gasteiger partial charge in [-0.05, 0) is 323 Å². The third-order valence-electron chi connectivity index (χ3n) is 23.5. The summed E-state index contributed by atoms with van der Waals surface area (Å²) in [4.78, 5) is 7.58. The van der Waals surface area contributed by atoms with E-state index in [-0.39, 0.29) is 12.8 Å². The van der Waals surface area contributed by atoms with Crippen LogP contribution < -0.4 is 0 Å². The topological polar surface area (TPSA) is 0 Å². The fourth-order valence-corrected chi connectivity index (χ4v) is 19.3. The highest BCUT2D eigenvalue weighted by Crippen LogP contribution is 2.44. The molecule has 0 aliphatic heterocycles. The molecule has 0 unspecified atom stereocenters. The maximum absolute atomic E-state index is 13.1. The van der Waals surface area contributed by atoms with Gasteiger partial charge in [0.2, 0.25) is 0 Å². The van der Waals surface area contributed by atoms with E-state index in [0.29, 0.717) is 69.7 Å². The first-order valence-corrected chi connectivity index (χ1v) is 48.7. The molecule has 0 atom stereocenters. The molecule has 0 N–H and O–H groups in total. The molecular weight excluding hydrogens is 1620 g/mol. The maximum atomic E-state index is 13.1. The highest BCUT2D eigenvalue weighted by atomic mass is 32.1. The van der Waals surface area contributed by atoms with Gasteiger partial charge in [0, 0.05) is 29.3 Å². The predicted octanol–water partition coefficient (Wildman–Crippen LogP) is 39.1. The standard InChI is InChI=1S/C24H31F3.C24H34.C23H32.C20H26.C10H13F3S.C10H16S.C6H8S/c1-15(2)21-12-20(13-22(16(3)4)17(21)5)19-10-8-18(9-11-19)14-23(6,7)24(25,26)27;1-16(2)22-13-21(14-23(17(3)4)18(22)5)20-11-9-19(10-12-20)15-24(6,7)8;1-15(2)12-19-8-10-20(11-9-19)21-13-22(16(3)4)18(7)23(14-21)17(5)6;1-13(2)19-11-18(12-20(14(3)4)16(19)6)17-9-7-15(5)8-10-17;1-7-4-5-8(14-7)6-9(2,3)10(11,12)13;1-8-5-6-9(11-8)7-10(2,3)4;1-5-3-4-6(2)7-5/h8-13,15-16H,14H2,1-7H3;9-14,16-17H,15H2,1-8H3;8-11,13-17H,12H2,1-7H3;7-14H,1-6H3;4-5H,6H2,1-3H3;5-6H,7H2,1-4H3;3-4H,1-2H3. The molecule has 3 aromatic heterocycles. The second kappa shape index (κ2) is 47.3. The van der Waals surface area contributed by atoms with Crippen LogP contribution in [0.15, 0.2) is 182 Å². The van der Waals surface area contributed by atoms with Crippen molar-refractivity contribution in [1.29, 1.82) is 0 Å². The van der Waals surface area contributed by atoms with Gasteiger partial charge in [-0.25, -0.2) is 0 Å². The van der Waals surface area contributed by atoms with E-state index in [0.717, 1.165) is 33.7 Å². The van der Waals surface area contributed by atoms with Crippen molar-refractivity contribution in [3.63, 3.8) is 0 Å². The number of hydrogen-bond donors (Lipinski definition) is 0. The zero-order valence-electron chi connectivity index (χ0n) is 84.5. The minimum atomic E-state index is -4.21. The Morgan fingerprint density at radius 2 is 0.444 bits per heavy atom. The molecule has 688 valence electrons. The first-order valence-electron chi connectivity index (χ1n) is 46.3. The third kappa shape index (κ3) is 34.1. The zero-order chi connectivity index (χ0) is 95.4. The molecule has 3 heterocycles. The number of rotatable bonds is 20. The molecule has 126 heavy (non-hydrogen) atoms. The molecule has 0 saturated heterocycles. The quantitative estimate of drug-likeness (QED) is 0.0667. The number of aryl methyl sites for hydroxylation is 5. The second-order valence-electron chi connectivity index (χ2n) is 42.2. The van der Waals surface area contributed by atoms with Crippen LogP contribution in [0.2, 0.25) is 0 Å².